The Morgan fingerprint density at radius 1 is 1.17 bits per heavy atom. The van der Waals surface area contributed by atoms with Crippen LogP contribution in [0.1, 0.15) is 35.2 Å². The Morgan fingerprint density at radius 3 is 2.71 bits per heavy atom. The lowest BCUT2D eigenvalue weighted by molar-refractivity contribution is -0.142. The average molecular weight is 619 g/mol. The van der Waals surface area contributed by atoms with Gasteiger partial charge in [0, 0.05) is 34.6 Å². The maximum absolute atomic E-state index is 13.5. The molecule has 3 aromatic rings. The number of carboxylic acid groups (broad SMARTS) is 1. The number of rotatable bonds is 7. The van der Waals surface area contributed by atoms with Gasteiger partial charge in [0.15, 0.2) is 11.5 Å². The number of fused-ring (bicyclic) bond motifs is 2. The van der Waals surface area contributed by atoms with Crippen LogP contribution in [0, 0.1) is 0 Å². The lowest BCUT2D eigenvalue weighted by atomic mass is 10.0. The highest BCUT2D eigenvalue weighted by Gasteiger charge is 2.40. The highest BCUT2D eigenvalue weighted by atomic mass is 79.9. The SMILES string of the molecule is CCCc1nc2c(n1Cc1c3ccocc-3c(Br)c1-c1ccccc1-n1cnnn1)C(=O)NC(C(=O)O)C(=O)N2C. The first-order chi connectivity index (χ1) is 19.8. The second kappa shape index (κ2) is 10.3. The molecule has 0 saturated heterocycles. The van der Waals surface area contributed by atoms with Gasteiger partial charge in [-0.1, -0.05) is 25.1 Å². The molecular formula is C27H23BrN8O5. The molecule has 13 nitrogen and oxygen atoms in total. The van der Waals surface area contributed by atoms with E-state index < -0.39 is 23.8 Å². The summed E-state index contributed by atoms with van der Waals surface area (Å²) >= 11 is 3.79. The van der Waals surface area contributed by atoms with Gasteiger partial charge < -0.3 is 19.4 Å². The molecule has 14 heteroatoms. The molecule has 0 bridgehead atoms. The molecule has 208 valence electrons. The standard InChI is InChI=1S/C27H23BrN8O5/c1-3-6-19-30-24-23(25(37)31-22(27(39)40)26(38)34(24)2)35(19)11-16-14-9-10-41-12-17(14)21(28)20(16)15-7-4-5-8-18(15)36-13-29-32-33-36/h4-5,7-10,12-13,22H,3,6,11H2,1-2H3,(H,31,37)(H,39,40). The quantitative estimate of drug-likeness (QED) is 0.261. The van der Waals surface area contributed by atoms with Crippen LogP contribution in [0.15, 0.2) is 58.1 Å². The zero-order valence-corrected chi connectivity index (χ0v) is 23.5. The van der Waals surface area contributed by atoms with Crippen LogP contribution < -0.4 is 10.2 Å². The third-order valence-electron chi connectivity index (χ3n) is 7.09. The first-order valence-corrected chi connectivity index (χ1v) is 13.5. The monoisotopic (exact) mass is 618 g/mol. The zero-order valence-electron chi connectivity index (χ0n) is 21.9. The van der Waals surface area contributed by atoms with Crippen LogP contribution in [0.25, 0.3) is 27.9 Å². The lowest BCUT2D eigenvalue weighted by Gasteiger charge is -2.16. The van der Waals surface area contributed by atoms with E-state index in [1.807, 2.05) is 37.3 Å². The largest absolute Gasteiger partial charge is 0.479 e. The minimum absolute atomic E-state index is 0.110. The molecule has 0 radical (unpaired) electrons. The van der Waals surface area contributed by atoms with E-state index in [0.717, 1.165) is 49.3 Å². The minimum atomic E-state index is -1.72. The van der Waals surface area contributed by atoms with Crippen molar-refractivity contribution in [3.8, 4) is 27.9 Å². The van der Waals surface area contributed by atoms with Crippen molar-refractivity contribution in [2.75, 3.05) is 11.9 Å². The number of aryl methyl sites for hydroxylation is 1. The number of hydrogen-bond donors (Lipinski definition) is 2. The van der Waals surface area contributed by atoms with E-state index >= 15 is 0 Å². The Bertz CT molecular complexity index is 1780. The van der Waals surface area contributed by atoms with Gasteiger partial charge in [0.2, 0.25) is 6.04 Å². The van der Waals surface area contributed by atoms with Crippen molar-refractivity contribution in [1.82, 2.24) is 35.1 Å². The molecule has 2 N–H and O–H groups in total. The number of imidazole rings is 1. The number of benzene rings is 1. The van der Waals surface area contributed by atoms with Crippen LogP contribution in [0.5, 0.6) is 0 Å². The Labute approximate surface area is 241 Å². The molecule has 0 saturated carbocycles. The van der Waals surface area contributed by atoms with Crippen molar-refractivity contribution in [3.63, 3.8) is 0 Å². The zero-order chi connectivity index (χ0) is 28.8. The number of tetrazole rings is 1. The Kier molecular flexibility index (Phi) is 6.61. The van der Waals surface area contributed by atoms with E-state index in [2.05, 4.69) is 41.8 Å². The predicted molar refractivity (Wildman–Crippen MR) is 149 cm³/mol. The third kappa shape index (κ3) is 4.27. The maximum Gasteiger partial charge on any atom is 0.336 e. The number of carbonyl (C=O) groups excluding carboxylic acids is 2. The van der Waals surface area contributed by atoms with Gasteiger partial charge in [-0.15, -0.1) is 5.10 Å². The Hall–Kier alpha value is -4.85. The van der Waals surface area contributed by atoms with E-state index in [0.29, 0.717) is 12.2 Å². The number of amides is 2. The van der Waals surface area contributed by atoms with Crippen molar-refractivity contribution in [2.45, 2.75) is 32.4 Å². The number of aromatic nitrogens is 6. The number of likely N-dealkylation sites (N-methyl/N-ethyl adjacent to an activating group) is 1. The van der Waals surface area contributed by atoms with Crippen LogP contribution >= 0.6 is 15.9 Å². The minimum Gasteiger partial charge on any atom is -0.479 e. The van der Waals surface area contributed by atoms with Gasteiger partial charge in [0.05, 0.1) is 24.8 Å². The van der Waals surface area contributed by atoms with Gasteiger partial charge in [0.1, 0.15) is 12.2 Å². The molecule has 1 atom stereocenters. The Balaban J connectivity index is 1.59. The van der Waals surface area contributed by atoms with Crippen LogP contribution in [0.2, 0.25) is 0 Å². The number of hydrogen-bond acceptors (Lipinski definition) is 8. The lowest BCUT2D eigenvalue weighted by Crippen LogP contribution is -2.49. The fourth-order valence-electron chi connectivity index (χ4n) is 5.22. The normalized spacial score (nSPS) is 15.2. The molecule has 0 spiro atoms. The van der Waals surface area contributed by atoms with Gasteiger partial charge >= 0.3 is 5.97 Å². The van der Waals surface area contributed by atoms with E-state index in [1.54, 1.807) is 21.8 Å². The first-order valence-electron chi connectivity index (χ1n) is 12.7. The number of carboxylic acids is 1. The number of nitrogens with zero attached hydrogens (tertiary/aromatic N) is 7. The van der Waals surface area contributed by atoms with Crippen LogP contribution in [0.3, 0.4) is 0 Å². The van der Waals surface area contributed by atoms with Gasteiger partial charge in [-0.2, -0.15) is 4.68 Å². The summed E-state index contributed by atoms with van der Waals surface area (Å²) in [6.45, 7) is 2.18. The number of para-hydroxylation sites is 1. The fraction of sp³-hybridized carbons (Fsp3) is 0.222. The molecule has 1 aromatic carbocycles. The van der Waals surface area contributed by atoms with E-state index in [9.17, 15) is 19.5 Å². The van der Waals surface area contributed by atoms with Gasteiger partial charge in [0.25, 0.3) is 11.8 Å². The fourth-order valence-corrected chi connectivity index (χ4v) is 5.98. The second-order valence-corrected chi connectivity index (χ2v) is 10.3. The molecule has 41 heavy (non-hydrogen) atoms. The molecule has 1 aliphatic carbocycles. The number of aliphatic carboxylic acids is 1. The average Bonchev–Trinajstić information content (AvgIpc) is 3.68. The van der Waals surface area contributed by atoms with Crippen molar-refractivity contribution in [1.29, 1.82) is 0 Å². The molecule has 4 heterocycles. The molecular weight excluding hydrogens is 596 g/mol. The summed E-state index contributed by atoms with van der Waals surface area (Å²) in [4.78, 5) is 44.0. The molecule has 2 amide bonds. The summed E-state index contributed by atoms with van der Waals surface area (Å²) in [5.74, 6) is -2.22. The summed E-state index contributed by atoms with van der Waals surface area (Å²) in [7, 11) is 1.42. The molecule has 6 rings (SSSR count). The Morgan fingerprint density at radius 2 is 1.98 bits per heavy atom. The van der Waals surface area contributed by atoms with Gasteiger partial charge in [-0.3, -0.25) is 14.5 Å². The van der Waals surface area contributed by atoms with E-state index in [-0.39, 0.29) is 18.1 Å². The molecule has 0 fully saturated rings. The highest BCUT2D eigenvalue weighted by molar-refractivity contribution is 9.10. The van der Waals surface area contributed by atoms with Gasteiger partial charge in [-0.05, 0) is 56.0 Å². The van der Waals surface area contributed by atoms with Crippen molar-refractivity contribution in [3.05, 3.63) is 70.7 Å². The van der Waals surface area contributed by atoms with E-state index in [4.69, 9.17) is 4.42 Å². The summed E-state index contributed by atoms with van der Waals surface area (Å²) in [5.41, 5.74) is 5.03. The summed E-state index contributed by atoms with van der Waals surface area (Å²) in [5, 5.41) is 23.6. The van der Waals surface area contributed by atoms with E-state index in [1.165, 1.54) is 13.4 Å². The van der Waals surface area contributed by atoms with Crippen molar-refractivity contribution >= 4 is 39.5 Å². The number of nitrogens with one attached hydrogen (secondary N) is 1. The summed E-state index contributed by atoms with van der Waals surface area (Å²) in [6.07, 6.45) is 5.98. The molecule has 3 aliphatic rings. The smallest absolute Gasteiger partial charge is 0.336 e. The molecule has 1 unspecified atom stereocenters. The van der Waals surface area contributed by atoms with Crippen molar-refractivity contribution < 1.29 is 23.9 Å². The predicted octanol–water partition coefficient (Wildman–Crippen LogP) is 3.15. The second-order valence-electron chi connectivity index (χ2n) is 9.50. The van der Waals surface area contributed by atoms with Gasteiger partial charge in [-0.25, -0.2) is 9.78 Å². The summed E-state index contributed by atoms with van der Waals surface area (Å²) < 4.78 is 9.61. The summed E-state index contributed by atoms with van der Waals surface area (Å²) in [6, 6.07) is 7.78. The number of carbonyl (C=O) groups is 3. The van der Waals surface area contributed by atoms with Crippen molar-refractivity contribution in [2.24, 2.45) is 0 Å². The highest BCUT2D eigenvalue weighted by Crippen LogP contribution is 2.48. The molecule has 2 aliphatic heterocycles. The topological polar surface area (TPSA) is 161 Å². The van der Waals surface area contributed by atoms with Crippen LogP contribution in [0.4, 0.5) is 5.82 Å². The molecule has 2 aromatic heterocycles. The first kappa shape index (κ1) is 26.4. The number of halogens is 1. The van der Waals surface area contributed by atoms with Crippen LogP contribution in [-0.2, 0) is 22.6 Å². The van der Waals surface area contributed by atoms with Crippen LogP contribution in [-0.4, -0.2) is 65.7 Å². The number of anilines is 1. The third-order valence-corrected chi connectivity index (χ3v) is 7.92. The maximum atomic E-state index is 13.5.